The maximum Gasteiger partial charge on any atom is 0.237 e. The minimum atomic E-state index is -0.750. The fourth-order valence-corrected chi connectivity index (χ4v) is 2.13. The molecule has 4 nitrogen and oxygen atoms in total. The molecule has 1 amide bonds. The number of amides is 1. The average Bonchev–Trinajstić information content (AvgIpc) is 2.64. The van der Waals surface area contributed by atoms with Gasteiger partial charge in [0.05, 0.1) is 11.6 Å². The van der Waals surface area contributed by atoms with E-state index in [4.69, 9.17) is 0 Å². The first-order chi connectivity index (χ1) is 8.11. The molecule has 0 bridgehead atoms. The highest BCUT2D eigenvalue weighted by Crippen LogP contribution is 2.13. The van der Waals surface area contributed by atoms with Crippen molar-refractivity contribution in [3.63, 3.8) is 0 Å². The predicted molar refractivity (Wildman–Crippen MR) is 68.8 cm³/mol. The standard InChI is InChI=1S/C13H26N2O2/c1-3-13(17,4-2)10-15-12(16)11-8-6-5-7-9-14-11/h11,14,17H,3-10H2,1-2H3,(H,15,16). The molecule has 3 N–H and O–H groups in total. The van der Waals surface area contributed by atoms with Crippen LogP contribution < -0.4 is 10.6 Å². The molecule has 4 heteroatoms. The lowest BCUT2D eigenvalue weighted by Gasteiger charge is -2.26. The van der Waals surface area contributed by atoms with Crippen molar-refractivity contribution in [3.05, 3.63) is 0 Å². The van der Waals surface area contributed by atoms with Crippen LogP contribution in [-0.2, 0) is 4.79 Å². The van der Waals surface area contributed by atoms with Gasteiger partial charge in [-0.1, -0.05) is 26.7 Å². The van der Waals surface area contributed by atoms with Crippen molar-refractivity contribution in [1.82, 2.24) is 10.6 Å². The Labute approximate surface area is 104 Å². The summed E-state index contributed by atoms with van der Waals surface area (Å²) in [6.45, 7) is 5.17. The molecule has 0 saturated carbocycles. The van der Waals surface area contributed by atoms with Crippen molar-refractivity contribution < 1.29 is 9.90 Å². The van der Waals surface area contributed by atoms with E-state index in [0.717, 1.165) is 25.8 Å². The van der Waals surface area contributed by atoms with Gasteiger partial charge in [-0.3, -0.25) is 4.79 Å². The quantitative estimate of drug-likeness (QED) is 0.678. The first kappa shape index (κ1) is 14.5. The van der Waals surface area contributed by atoms with Gasteiger partial charge in [0, 0.05) is 6.54 Å². The Bertz CT molecular complexity index is 232. The molecule has 1 aliphatic rings. The van der Waals surface area contributed by atoms with Crippen LogP contribution in [-0.4, -0.2) is 35.7 Å². The van der Waals surface area contributed by atoms with Crippen LogP contribution in [0.15, 0.2) is 0 Å². The summed E-state index contributed by atoms with van der Waals surface area (Å²) in [6, 6.07) is -0.0736. The number of rotatable bonds is 5. The Hall–Kier alpha value is -0.610. The van der Waals surface area contributed by atoms with E-state index in [1.54, 1.807) is 0 Å². The molecule has 0 aromatic rings. The van der Waals surface area contributed by atoms with Gasteiger partial charge in [-0.05, 0) is 32.2 Å². The third-order valence-electron chi connectivity index (χ3n) is 3.78. The van der Waals surface area contributed by atoms with Crippen LogP contribution in [0.2, 0.25) is 0 Å². The van der Waals surface area contributed by atoms with E-state index in [1.165, 1.54) is 6.42 Å². The second kappa shape index (κ2) is 6.97. The summed E-state index contributed by atoms with van der Waals surface area (Å²) in [4.78, 5) is 11.9. The SMILES string of the molecule is CCC(O)(CC)CNC(=O)C1CCCCCN1. The van der Waals surface area contributed by atoms with Crippen molar-refractivity contribution in [2.24, 2.45) is 0 Å². The number of hydrogen-bond acceptors (Lipinski definition) is 3. The molecule has 1 rings (SSSR count). The third-order valence-corrected chi connectivity index (χ3v) is 3.78. The lowest BCUT2D eigenvalue weighted by atomic mass is 9.97. The monoisotopic (exact) mass is 242 g/mol. The molecule has 1 fully saturated rings. The van der Waals surface area contributed by atoms with Gasteiger partial charge in [-0.15, -0.1) is 0 Å². The highest BCUT2D eigenvalue weighted by atomic mass is 16.3. The first-order valence-corrected chi connectivity index (χ1v) is 6.85. The molecular weight excluding hydrogens is 216 g/mol. The van der Waals surface area contributed by atoms with Gasteiger partial charge in [0.25, 0.3) is 0 Å². The Kier molecular flexibility index (Phi) is 5.92. The molecule has 0 aliphatic carbocycles. The Morgan fingerprint density at radius 2 is 2.06 bits per heavy atom. The van der Waals surface area contributed by atoms with Crippen LogP contribution in [0.3, 0.4) is 0 Å². The Morgan fingerprint density at radius 1 is 1.35 bits per heavy atom. The average molecular weight is 242 g/mol. The fourth-order valence-electron chi connectivity index (χ4n) is 2.13. The number of carbonyl (C=O) groups excluding carboxylic acids is 1. The van der Waals surface area contributed by atoms with Crippen LogP contribution >= 0.6 is 0 Å². The van der Waals surface area contributed by atoms with E-state index in [-0.39, 0.29) is 11.9 Å². The molecule has 17 heavy (non-hydrogen) atoms. The van der Waals surface area contributed by atoms with E-state index in [0.29, 0.717) is 19.4 Å². The van der Waals surface area contributed by atoms with Gasteiger partial charge in [0.1, 0.15) is 0 Å². The summed E-state index contributed by atoms with van der Waals surface area (Å²) in [5, 5.41) is 16.2. The number of nitrogens with one attached hydrogen (secondary N) is 2. The third kappa shape index (κ3) is 4.64. The minimum Gasteiger partial charge on any atom is -0.388 e. The lowest BCUT2D eigenvalue weighted by Crippen LogP contribution is -2.49. The first-order valence-electron chi connectivity index (χ1n) is 6.85. The van der Waals surface area contributed by atoms with E-state index in [1.807, 2.05) is 13.8 Å². The molecule has 1 heterocycles. The van der Waals surface area contributed by atoms with Gasteiger partial charge in [0.2, 0.25) is 5.91 Å². The number of carbonyl (C=O) groups is 1. The Balaban J connectivity index is 2.37. The normalized spacial score (nSPS) is 21.9. The fraction of sp³-hybridized carbons (Fsp3) is 0.923. The topological polar surface area (TPSA) is 61.4 Å². The Morgan fingerprint density at radius 3 is 2.71 bits per heavy atom. The summed E-state index contributed by atoms with van der Waals surface area (Å²) in [5.41, 5.74) is -0.750. The van der Waals surface area contributed by atoms with Crippen molar-refractivity contribution in [1.29, 1.82) is 0 Å². The molecule has 1 aliphatic heterocycles. The maximum atomic E-state index is 11.9. The highest BCUT2D eigenvalue weighted by molar-refractivity contribution is 5.81. The maximum absolute atomic E-state index is 11.9. The van der Waals surface area contributed by atoms with Crippen LogP contribution in [0, 0.1) is 0 Å². The molecule has 0 spiro atoms. The van der Waals surface area contributed by atoms with Crippen LogP contribution in [0.1, 0.15) is 52.4 Å². The van der Waals surface area contributed by atoms with Gasteiger partial charge in [-0.25, -0.2) is 0 Å². The van der Waals surface area contributed by atoms with Gasteiger partial charge in [-0.2, -0.15) is 0 Å². The molecule has 100 valence electrons. The largest absolute Gasteiger partial charge is 0.388 e. The van der Waals surface area contributed by atoms with Crippen molar-refractivity contribution in [2.45, 2.75) is 64.0 Å². The zero-order valence-electron chi connectivity index (χ0n) is 11.1. The smallest absolute Gasteiger partial charge is 0.237 e. The molecular formula is C13H26N2O2. The second-order valence-corrected chi connectivity index (χ2v) is 5.01. The summed E-state index contributed by atoms with van der Waals surface area (Å²) in [7, 11) is 0. The van der Waals surface area contributed by atoms with Crippen LogP contribution in [0.4, 0.5) is 0 Å². The van der Waals surface area contributed by atoms with E-state index in [2.05, 4.69) is 10.6 Å². The summed E-state index contributed by atoms with van der Waals surface area (Å²) >= 11 is 0. The molecule has 0 aromatic heterocycles. The number of hydrogen-bond donors (Lipinski definition) is 3. The van der Waals surface area contributed by atoms with Crippen molar-refractivity contribution >= 4 is 5.91 Å². The lowest BCUT2D eigenvalue weighted by molar-refractivity contribution is -0.124. The van der Waals surface area contributed by atoms with Crippen LogP contribution in [0.5, 0.6) is 0 Å². The molecule has 1 saturated heterocycles. The molecule has 0 aromatic carbocycles. The van der Waals surface area contributed by atoms with Gasteiger partial charge in [0.15, 0.2) is 0 Å². The predicted octanol–water partition coefficient (Wildman–Crippen LogP) is 1.19. The van der Waals surface area contributed by atoms with Crippen LogP contribution in [0.25, 0.3) is 0 Å². The molecule has 1 unspecified atom stereocenters. The minimum absolute atomic E-state index is 0.0345. The van der Waals surface area contributed by atoms with Gasteiger partial charge >= 0.3 is 0 Å². The number of aliphatic hydroxyl groups is 1. The molecule has 1 atom stereocenters. The van der Waals surface area contributed by atoms with Crippen molar-refractivity contribution in [3.8, 4) is 0 Å². The summed E-state index contributed by atoms with van der Waals surface area (Å²) < 4.78 is 0. The zero-order valence-corrected chi connectivity index (χ0v) is 11.1. The molecule has 0 radical (unpaired) electrons. The summed E-state index contributed by atoms with van der Waals surface area (Å²) in [6.07, 6.45) is 5.70. The van der Waals surface area contributed by atoms with E-state index >= 15 is 0 Å². The zero-order chi connectivity index (χ0) is 12.7. The van der Waals surface area contributed by atoms with Gasteiger partial charge < -0.3 is 15.7 Å². The van der Waals surface area contributed by atoms with Crippen molar-refractivity contribution in [2.75, 3.05) is 13.1 Å². The van der Waals surface area contributed by atoms with E-state index in [9.17, 15) is 9.90 Å². The highest BCUT2D eigenvalue weighted by Gasteiger charge is 2.25. The van der Waals surface area contributed by atoms with E-state index < -0.39 is 5.60 Å². The summed E-state index contributed by atoms with van der Waals surface area (Å²) in [5.74, 6) is 0.0345. The second-order valence-electron chi connectivity index (χ2n) is 5.01.